The largest absolute Gasteiger partial charge is 0.478 e. The molecule has 0 saturated carbocycles. The zero-order valence-electron chi connectivity index (χ0n) is 15.6. The fourth-order valence-electron chi connectivity index (χ4n) is 3.74. The molecule has 1 saturated heterocycles. The molecule has 0 aliphatic carbocycles. The number of carboxylic acid groups (broad SMARTS) is 2. The normalized spacial score (nSPS) is 27.1. The van der Waals surface area contributed by atoms with Gasteiger partial charge in [0.15, 0.2) is 0 Å². The molecule has 9 heteroatoms. The van der Waals surface area contributed by atoms with E-state index in [-0.39, 0.29) is 34.0 Å². The van der Waals surface area contributed by atoms with E-state index in [2.05, 4.69) is 5.32 Å². The van der Waals surface area contributed by atoms with Crippen LogP contribution in [0.4, 0.5) is 0 Å². The van der Waals surface area contributed by atoms with E-state index in [9.17, 15) is 9.59 Å². The molecule has 0 bridgehead atoms. The second-order valence-electron chi connectivity index (χ2n) is 7.24. The van der Waals surface area contributed by atoms with Gasteiger partial charge in [0.05, 0.1) is 27.6 Å². The third kappa shape index (κ3) is 3.53. The molecule has 0 radical (unpaired) electrons. The van der Waals surface area contributed by atoms with Crippen LogP contribution in [0.5, 0.6) is 0 Å². The average molecular weight is 440 g/mol. The lowest BCUT2D eigenvalue weighted by Crippen LogP contribution is -2.50. The van der Waals surface area contributed by atoms with E-state index in [1.807, 2.05) is 0 Å². The Hall–Kier alpha value is -2.62. The van der Waals surface area contributed by atoms with Crippen LogP contribution in [0.15, 0.2) is 58.5 Å². The van der Waals surface area contributed by atoms with Crippen molar-refractivity contribution in [2.24, 2.45) is 9.98 Å². The van der Waals surface area contributed by atoms with E-state index < -0.39 is 11.9 Å². The molecule has 3 aliphatic heterocycles. The van der Waals surface area contributed by atoms with Crippen LogP contribution in [0.1, 0.15) is 38.3 Å². The summed E-state index contributed by atoms with van der Waals surface area (Å²) in [5, 5.41) is 24.0. The maximum Gasteiger partial charge on any atom is 0.335 e. The summed E-state index contributed by atoms with van der Waals surface area (Å²) >= 11 is 3.37. The van der Waals surface area contributed by atoms with Gasteiger partial charge in [0.25, 0.3) is 0 Å². The molecule has 3 N–H and O–H groups in total. The Kier molecular flexibility index (Phi) is 4.88. The quantitative estimate of drug-likeness (QED) is 0.671. The predicted molar refractivity (Wildman–Crippen MR) is 118 cm³/mol. The van der Waals surface area contributed by atoms with Crippen molar-refractivity contribution in [3.63, 3.8) is 0 Å². The first-order chi connectivity index (χ1) is 14.5. The molecule has 0 spiro atoms. The van der Waals surface area contributed by atoms with Crippen LogP contribution >= 0.6 is 23.5 Å². The number of hydrogen-bond acceptors (Lipinski definition) is 7. The Bertz CT molecular complexity index is 995. The van der Waals surface area contributed by atoms with Crippen molar-refractivity contribution in [3.8, 4) is 0 Å². The first-order valence-corrected chi connectivity index (χ1v) is 11.2. The molecule has 152 valence electrons. The van der Waals surface area contributed by atoms with E-state index in [4.69, 9.17) is 20.2 Å². The number of nitrogens with zero attached hydrogens (tertiary/aromatic N) is 2. The number of rotatable bonds is 4. The third-order valence-electron chi connectivity index (χ3n) is 5.31. The Balaban J connectivity index is 1.28. The minimum absolute atomic E-state index is 0.00170. The van der Waals surface area contributed by atoms with Crippen LogP contribution < -0.4 is 5.32 Å². The van der Waals surface area contributed by atoms with Gasteiger partial charge in [0, 0.05) is 16.4 Å². The highest BCUT2D eigenvalue weighted by atomic mass is 32.2. The van der Waals surface area contributed by atoms with E-state index in [1.54, 1.807) is 72.1 Å². The van der Waals surface area contributed by atoms with Gasteiger partial charge in [0.1, 0.15) is 11.2 Å². The van der Waals surface area contributed by atoms with Gasteiger partial charge in [-0.15, -0.1) is 0 Å². The highest BCUT2D eigenvalue weighted by molar-refractivity contribution is 8.15. The number of benzene rings is 2. The molecule has 2 aromatic rings. The molecule has 30 heavy (non-hydrogen) atoms. The van der Waals surface area contributed by atoms with Gasteiger partial charge < -0.3 is 10.2 Å². The lowest BCUT2D eigenvalue weighted by Gasteiger charge is -2.32. The number of nitrogens with one attached hydrogen (secondary N) is 1. The zero-order valence-corrected chi connectivity index (χ0v) is 17.2. The van der Waals surface area contributed by atoms with E-state index in [0.29, 0.717) is 0 Å². The molecule has 0 amide bonds. The predicted octanol–water partition coefficient (Wildman–Crippen LogP) is 3.15. The topological polar surface area (TPSA) is 111 Å². The molecule has 3 aliphatic rings. The highest BCUT2D eigenvalue weighted by Crippen LogP contribution is 2.42. The standard InChI is InChI=1S/C21H17N3O4S2/c25-20(26)12-5-1-10(2-6-12)17-22-14-9-15-16(24-19(14)30-17)23-18(29-15)11-3-7-13(8-4-11)21(27)28/h1-8,14-16,19,24H,9H2,(H,25,26)(H,27,28). The molecule has 4 atom stereocenters. The van der Waals surface area contributed by atoms with Crippen molar-refractivity contribution >= 4 is 45.5 Å². The number of carbonyl (C=O) groups is 2. The van der Waals surface area contributed by atoms with Crippen LogP contribution in [-0.4, -0.2) is 55.1 Å². The van der Waals surface area contributed by atoms with Crippen LogP contribution in [0.3, 0.4) is 0 Å². The second kappa shape index (κ2) is 7.57. The number of piperidine rings is 1. The number of fused-ring (bicyclic) bond motifs is 2. The maximum absolute atomic E-state index is 11.0. The fourth-order valence-corrected chi connectivity index (χ4v) is 6.28. The van der Waals surface area contributed by atoms with E-state index in [1.165, 1.54) is 0 Å². The number of aliphatic imine (C=N–C) groups is 2. The Morgan fingerprint density at radius 1 is 0.833 bits per heavy atom. The van der Waals surface area contributed by atoms with Gasteiger partial charge in [-0.1, -0.05) is 47.8 Å². The minimum Gasteiger partial charge on any atom is -0.478 e. The number of aromatic carboxylic acids is 2. The number of thioether (sulfide) groups is 2. The van der Waals surface area contributed by atoms with Gasteiger partial charge in [-0.05, 0) is 30.7 Å². The summed E-state index contributed by atoms with van der Waals surface area (Å²) in [5.74, 6) is -1.87. The minimum atomic E-state index is -0.936. The molecule has 4 unspecified atom stereocenters. The van der Waals surface area contributed by atoms with Gasteiger partial charge >= 0.3 is 11.9 Å². The van der Waals surface area contributed by atoms with Crippen LogP contribution in [0, 0.1) is 0 Å². The van der Waals surface area contributed by atoms with Gasteiger partial charge in [-0.3, -0.25) is 15.3 Å². The summed E-state index contributed by atoms with van der Waals surface area (Å²) in [6.45, 7) is 0. The summed E-state index contributed by atoms with van der Waals surface area (Å²) in [6, 6.07) is 13.8. The van der Waals surface area contributed by atoms with Crippen molar-refractivity contribution in [2.75, 3.05) is 0 Å². The van der Waals surface area contributed by atoms with Crippen molar-refractivity contribution in [2.45, 2.75) is 29.3 Å². The van der Waals surface area contributed by atoms with Crippen molar-refractivity contribution < 1.29 is 19.8 Å². The summed E-state index contributed by atoms with van der Waals surface area (Å²) in [5.41, 5.74) is 2.40. The van der Waals surface area contributed by atoms with Crippen LogP contribution in [0.2, 0.25) is 0 Å². The average Bonchev–Trinajstić information content (AvgIpc) is 3.35. The molecular weight excluding hydrogens is 422 g/mol. The number of hydrogen-bond donors (Lipinski definition) is 3. The third-order valence-corrected chi connectivity index (χ3v) is 7.90. The van der Waals surface area contributed by atoms with Gasteiger partial charge in [-0.2, -0.15) is 0 Å². The summed E-state index contributed by atoms with van der Waals surface area (Å²) in [4.78, 5) is 31.8. The van der Waals surface area contributed by atoms with E-state index in [0.717, 1.165) is 27.6 Å². The maximum atomic E-state index is 11.0. The van der Waals surface area contributed by atoms with Crippen molar-refractivity contribution in [1.82, 2.24) is 5.32 Å². The molecule has 3 heterocycles. The lowest BCUT2D eigenvalue weighted by atomic mass is 10.0. The lowest BCUT2D eigenvalue weighted by molar-refractivity contribution is 0.0686. The first kappa shape index (κ1) is 19.3. The molecule has 5 rings (SSSR count). The van der Waals surface area contributed by atoms with Crippen molar-refractivity contribution in [3.05, 3.63) is 70.8 Å². The van der Waals surface area contributed by atoms with Gasteiger partial charge in [-0.25, -0.2) is 9.59 Å². The Morgan fingerprint density at radius 3 is 1.90 bits per heavy atom. The summed E-state index contributed by atoms with van der Waals surface area (Å²) in [6.07, 6.45) is 0.901. The number of carboxylic acids is 2. The van der Waals surface area contributed by atoms with Crippen molar-refractivity contribution in [1.29, 1.82) is 0 Å². The van der Waals surface area contributed by atoms with Crippen LogP contribution in [0.25, 0.3) is 0 Å². The smallest absolute Gasteiger partial charge is 0.335 e. The van der Waals surface area contributed by atoms with Gasteiger partial charge in [0.2, 0.25) is 0 Å². The summed E-state index contributed by atoms with van der Waals surface area (Å²) in [7, 11) is 0. The molecule has 2 aromatic carbocycles. The first-order valence-electron chi connectivity index (χ1n) is 9.40. The zero-order chi connectivity index (χ0) is 20.8. The Labute approximate surface area is 180 Å². The SMILES string of the molecule is O=C(O)c1ccc(C2=NC3NC4SC(c5ccc(C(=O)O)cc5)=NC4CC3S2)cc1. The van der Waals surface area contributed by atoms with Crippen LogP contribution in [-0.2, 0) is 0 Å². The fraction of sp³-hybridized carbons (Fsp3) is 0.238. The summed E-state index contributed by atoms with van der Waals surface area (Å²) < 4.78 is 0. The Morgan fingerprint density at radius 2 is 1.37 bits per heavy atom. The molecule has 0 aromatic heterocycles. The van der Waals surface area contributed by atoms with E-state index >= 15 is 0 Å². The molecule has 1 fully saturated rings. The second-order valence-corrected chi connectivity index (χ2v) is 9.60. The highest BCUT2D eigenvalue weighted by Gasteiger charge is 2.44. The molecule has 7 nitrogen and oxygen atoms in total. The molecular formula is C21H17N3O4S2. The monoisotopic (exact) mass is 439 g/mol.